The zero-order valence-electron chi connectivity index (χ0n) is 13.4. The maximum Gasteiger partial charge on any atom is 0.128 e. The monoisotopic (exact) mass is 294 g/mol. The Balaban J connectivity index is 2.15. The van der Waals surface area contributed by atoms with E-state index in [9.17, 15) is 0 Å². The molecule has 22 heavy (non-hydrogen) atoms. The lowest BCUT2D eigenvalue weighted by atomic mass is 10.0. The number of benzene rings is 1. The molecule has 1 atom stereocenters. The van der Waals surface area contributed by atoms with Gasteiger partial charge in [0.1, 0.15) is 5.75 Å². The highest BCUT2D eigenvalue weighted by Crippen LogP contribution is 2.24. The molecule has 0 saturated carbocycles. The van der Waals surface area contributed by atoms with Crippen molar-refractivity contribution in [1.82, 2.24) is 10.3 Å². The molecule has 1 heterocycles. The summed E-state index contributed by atoms with van der Waals surface area (Å²) in [6, 6.07) is 10.4. The van der Waals surface area contributed by atoms with E-state index in [1.54, 1.807) is 7.11 Å². The van der Waals surface area contributed by atoms with Crippen LogP contribution in [-0.4, -0.2) is 12.1 Å². The maximum absolute atomic E-state index is 5.51. The second-order valence-corrected chi connectivity index (χ2v) is 5.30. The van der Waals surface area contributed by atoms with Gasteiger partial charge in [-0.2, -0.15) is 0 Å². The van der Waals surface area contributed by atoms with Crippen molar-refractivity contribution >= 4 is 0 Å². The molecule has 0 amide bonds. The Hall–Kier alpha value is -2.31. The molecule has 2 rings (SSSR count). The standard InChI is InChI=1S/C19H22N2O/c1-5-9-17(16-10-7-6-8-11-16)21-13-18-15(3)19(22-4)14(2)12-20-18/h1,6-8,10-12,17,21H,9,13H2,2-4H3. The summed E-state index contributed by atoms with van der Waals surface area (Å²) in [6.45, 7) is 4.69. The van der Waals surface area contributed by atoms with E-state index < -0.39 is 0 Å². The van der Waals surface area contributed by atoms with Crippen LogP contribution in [0, 0.1) is 26.2 Å². The SMILES string of the molecule is C#CCC(NCc1ncc(C)c(OC)c1C)c1ccccc1. The molecular formula is C19H22N2O. The fourth-order valence-electron chi connectivity index (χ4n) is 2.58. The van der Waals surface area contributed by atoms with Crippen LogP contribution in [0.5, 0.6) is 5.75 Å². The Labute approximate surface area is 132 Å². The van der Waals surface area contributed by atoms with E-state index >= 15 is 0 Å². The average molecular weight is 294 g/mol. The van der Waals surface area contributed by atoms with Gasteiger partial charge in [0.2, 0.25) is 0 Å². The third-order valence-corrected chi connectivity index (χ3v) is 3.79. The van der Waals surface area contributed by atoms with Crippen molar-refractivity contribution in [3.8, 4) is 18.1 Å². The topological polar surface area (TPSA) is 34.2 Å². The number of methoxy groups -OCH3 is 1. The Morgan fingerprint density at radius 3 is 2.64 bits per heavy atom. The van der Waals surface area contributed by atoms with Crippen molar-refractivity contribution in [2.24, 2.45) is 0 Å². The number of ether oxygens (including phenoxy) is 1. The quantitative estimate of drug-likeness (QED) is 0.827. The third-order valence-electron chi connectivity index (χ3n) is 3.79. The van der Waals surface area contributed by atoms with Crippen molar-refractivity contribution in [1.29, 1.82) is 0 Å². The fourth-order valence-corrected chi connectivity index (χ4v) is 2.58. The lowest BCUT2D eigenvalue weighted by Gasteiger charge is -2.18. The van der Waals surface area contributed by atoms with Gasteiger partial charge in [-0.1, -0.05) is 30.3 Å². The summed E-state index contributed by atoms with van der Waals surface area (Å²) >= 11 is 0. The smallest absolute Gasteiger partial charge is 0.128 e. The van der Waals surface area contributed by atoms with E-state index in [4.69, 9.17) is 11.2 Å². The zero-order chi connectivity index (χ0) is 15.9. The first kappa shape index (κ1) is 16.1. The number of rotatable bonds is 6. The molecule has 0 spiro atoms. The van der Waals surface area contributed by atoms with Gasteiger partial charge in [-0.25, -0.2) is 0 Å². The van der Waals surface area contributed by atoms with Crippen LogP contribution < -0.4 is 10.1 Å². The first-order valence-corrected chi connectivity index (χ1v) is 7.38. The Bertz CT molecular complexity index is 659. The lowest BCUT2D eigenvalue weighted by Crippen LogP contribution is -2.22. The van der Waals surface area contributed by atoms with Crippen LogP contribution >= 0.6 is 0 Å². The Morgan fingerprint density at radius 2 is 2.00 bits per heavy atom. The van der Waals surface area contributed by atoms with E-state index in [1.807, 2.05) is 38.2 Å². The van der Waals surface area contributed by atoms with Gasteiger partial charge in [0.25, 0.3) is 0 Å². The van der Waals surface area contributed by atoms with Gasteiger partial charge in [-0.05, 0) is 19.4 Å². The molecule has 2 aromatic rings. The van der Waals surface area contributed by atoms with Crippen LogP contribution in [-0.2, 0) is 6.54 Å². The lowest BCUT2D eigenvalue weighted by molar-refractivity contribution is 0.406. The first-order chi connectivity index (χ1) is 10.7. The predicted molar refractivity (Wildman–Crippen MR) is 89.7 cm³/mol. The van der Waals surface area contributed by atoms with E-state index in [-0.39, 0.29) is 6.04 Å². The van der Waals surface area contributed by atoms with Crippen LogP contribution in [0.3, 0.4) is 0 Å². The second kappa shape index (κ2) is 7.63. The molecule has 0 saturated heterocycles. The summed E-state index contributed by atoms with van der Waals surface area (Å²) in [5.41, 5.74) is 4.30. The van der Waals surface area contributed by atoms with E-state index in [0.29, 0.717) is 13.0 Å². The maximum atomic E-state index is 5.51. The number of nitrogens with zero attached hydrogens (tertiary/aromatic N) is 1. The number of nitrogens with one attached hydrogen (secondary N) is 1. The molecule has 3 nitrogen and oxygen atoms in total. The zero-order valence-corrected chi connectivity index (χ0v) is 13.4. The van der Waals surface area contributed by atoms with Crippen LogP contribution in [0.1, 0.15) is 34.8 Å². The molecule has 0 bridgehead atoms. The number of aryl methyl sites for hydroxylation is 1. The van der Waals surface area contributed by atoms with Gasteiger partial charge >= 0.3 is 0 Å². The molecule has 114 valence electrons. The summed E-state index contributed by atoms with van der Waals surface area (Å²) in [5, 5.41) is 3.50. The number of terminal acetylenes is 1. The minimum Gasteiger partial charge on any atom is -0.496 e. The molecule has 1 unspecified atom stereocenters. The number of hydrogen-bond donors (Lipinski definition) is 1. The summed E-state index contributed by atoms with van der Waals surface area (Å²) in [5.74, 6) is 3.64. The number of hydrogen-bond acceptors (Lipinski definition) is 3. The molecule has 0 radical (unpaired) electrons. The molecule has 0 aliphatic heterocycles. The van der Waals surface area contributed by atoms with Gasteiger partial charge in [-0.3, -0.25) is 4.98 Å². The van der Waals surface area contributed by atoms with Crippen molar-refractivity contribution in [2.75, 3.05) is 7.11 Å². The Morgan fingerprint density at radius 1 is 1.27 bits per heavy atom. The fraction of sp³-hybridized carbons (Fsp3) is 0.316. The molecule has 0 aliphatic rings. The van der Waals surface area contributed by atoms with Gasteiger partial charge in [0, 0.05) is 36.3 Å². The molecule has 3 heteroatoms. The van der Waals surface area contributed by atoms with Gasteiger partial charge in [-0.15, -0.1) is 12.3 Å². The minimum absolute atomic E-state index is 0.125. The van der Waals surface area contributed by atoms with Crippen molar-refractivity contribution in [2.45, 2.75) is 32.9 Å². The summed E-state index contributed by atoms with van der Waals surface area (Å²) in [6.07, 6.45) is 8.00. The van der Waals surface area contributed by atoms with Crippen molar-refractivity contribution in [3.63, 3.8) is 0 Å². The first-order valence-electron chi connectivity index (χ1n) is 7.38. The average Bonchev–Trinajstić information content (AvgIpc) is 2.54. The highest BCUT2D eigenvalue weighted by Gasteiger charge is 2.13. The van der Waals surface area contributed by atoms with E-state index in [1.165, 1.54) is 5.56 Å². The van der Waals surface area contributed by atoms with Crippen LogP contribution in [0.2, 0.25) is 0 Å². The molecule has 1 aromatic heterocycles. The molecule has 0 fully saturated rings. The van der Waals surface area contributed by atoms with Gasteiger partial charge in [0.05, 0.1) is 12.8 Å². The predicted octanol–water partition coefficient (Wildman–Crippen LogP) is 3.56. The van der Waals surface area contributed by atoms with Gasteiger partial charge < -0.3 is 10.1 Å². The summed E-state index contributed by atoms with van der Waals surface area (Å²) in [7, 11) is 1.69. The molecule has 0 aliphatic carbocycles. The molecule has 1 N–H and O–H groups in total. The van der Waals surface area contributed by atoms with Crippen molar-refractivity contribution < 1.29 is 4.74 Å². The van der Waals surface area contributed by atoms with Gasteiger partial charge in [0.15, 0.2) is 0 Å². The van der Waals surface area contributed by atoms with Crippen molar-refractivity contribution in [3.05, 3.63) is 58.9 Å². The highest BCUT2D eigenvalue weighted by molar-refractivity contribution is 5.41. The van der Waals surface area contributed by atoms with E-state index in [2.05, 4.69) is 28.4 Å². The second-order valence-electron chi connectivity index (χ2n) is 5.30. The largest absolute Gasteiger partial charge is 0.496 e. The Kier molecular flexibility index (Phi) is 5.57. The van der Waals surface area contributed by atoms with Crippen LogP contribution in [0.15, 0.2) is 36.5 Å². The highest BCUT2D eigenvalue weighted by atomic mass is 16.5. The molecule has 1 aromatic carbocycles. The van der Waals surface area contributed by atoms with E-state index in [0.717, 1.165) is 22.6 Å². The number of aromatic nitrogens is 1. The van der Waals surface area contributed by atoms with Crippen LogP contribution in [0.4, 0.5) is 0 Å². The molecular weight excluding hydrogens is 272 g/mol. The van der Waals surface area contributed by atoms with Crippen LogP contribution in [0.25, 0.3) is 0 Å². The number of pyridine rings is 1. The third kappa shape index (κ3) is 3.66. The normalized spacial score (nSPS) is 11.7. The summed E-state index contributed by atoms with van der Waals surface area (Å²) < 4.78 is 5.46. The minimum atomic E-state index is 0.125. The summed E-state index contributed by atoms with van der Waals surface area (Å²) in [4.78, 5) is 4.52.